The molecule has 3 N–H and O–H groups in total. The number of ether oxygens (including phenoxy) is 1. The van der Waals surface area contributed by atoms with E-state index in [4.69, 9.17) is 10.5 Å². The molecular weight excluding hydrogens is 364 g/mol. The second-order valence-corrected chi connectivity index (χ2v) is 7.11. The number of hydrogen-bond acceptors (Lipinski definition) is 3. The number of primary amides is 1. The first-order chi connectivity index (χ1) is 14.1. The first-order valence-corrected chi connectivity index (χ1v) is 9.58. The molecular formula is C24H22N2O3. The fraction of sp³-hybridized carbons (Fsp3) is 0.167. The number of carbonyl (C=O) groups is 2. The summed E-state index contributed by atoms with van der Waals surface area (Å²) in [4.78, 5) is 24.2. The number of fused-ring (bicyclic) bond motifs is 3. The SMILES string of the molecule is NC(=O)C(Cc1ccccc1)NC(=O)OCC1c2ccccc2-c2ccccc21. The number of carbonyl (C=O) groups excluding carboxylic acids is 2. The maximum Gasteiger partial charge on any atom is 0.407 e. The Bertz CT molecular complexity index is 988. The summed E-state index contributed by atoms with van der Waals surface area (Å²) in [7, 11) is 0. The van der Waals surface area contributed by atoms with Crippen molar-refractivity contribution in [1.29, 1.82) is 0 Å². The molecule has 3 aromatic carbocycles. The van der Waals surface area contributed by atoms with Gasteiger partial charge in [0.15, 0.2) is 0 Å². The van der Waals surface area contributed by atoms with Crippen molar-refractivity contribution in [2.75, 3.05) is 6.61 Å². The third kappa shape index (κ3) is 3.99. The highest BCUT2D eigenvalue weighted by atomic mass is 16.5. The Morgan fingerprint density at radius 3 is 2.00 bits per heavy atom. The molecule has 0 aliphatic heterocycles. The average molecular weight is 386 g/mol. The maximum absolute atomic E-state index is 12.4. The summed E-state index contributed by atoms with van der Waals surface area (Å²) in [6, 6.07) is 24.8. The van der Waals surface area contributed by atoms with Gasteiger partial charge in [-0.15, -0.1) is 0 Å². The van der Waals surface area contributed by atoms with Crippen molar-refractivity contribution < 1.29 is 14.3 Å². The van der Waals surface area contributed by atoms with Crippen molar-refractivity contribution in [3.63, 3.8) is 0 Å². The van der Waals surface area contributed by atoms with Gasteiger partial charge in [0, 0.05) is 12.3 Å². The van der Waals surface area contributed by atoms with Crippen LogP contribution < -0.4 is 11.1 Å². The number of nitrogens with two attached hydrogens (primary N) is 1. The summed E-state index contributed by atoms with van der Waals surface area (Å²) < 4.78 is 5.50. The van der Waals surface area contributed by atoms with Crippen LogP contribution in [0.3, 0.4) is 0 Å². The van der Waals surface area contributed by atoms with Crippen molar-refractivity contribution in [2.45, 2.75) is 18.4 Å². The van der Waals surface area contributed by atoms with E-state index < -0.39 is 18.0 Å². The lowest BCUT2D eigenvalue weighted by Crippen LogP contribution is -2.46. The van der Waals surface area contributed by atoms with Gasteiger partial charge in [-0.2, -0.15) is 0 Å². The first kappa shape index (κ1) is 18.7. The molecule has 2 amide bonds. The van der Waals surface area contributed by atoms with E-state index in [9.17, 15) is 9.59 Å². The normalized spacial score (nSPS) is 13.2. The van der Waals surface area contributed by atoms with Crippen LogP contribution in [0, 0.1) is 0 Å². The summed E-state index contributed by atoms with van der Waals surface area (Å²) in [5, 5.41) is 2.60. The molecule has 0 radical (unpaired) electrons. The Kier molecular flexibility index (Phi) is 5.29. The number of alkyl carbamates (subject to hydrolysis) is 1. The molecule has 0 aromatic heterocycles. The fourth-order valence-electron chi connectivity index (χ4n) is 3.85. The van der Waals surface area contributed by atoms with Crippen LogP contribution in [0.25, 0.3) is 11.1 Å². The third-order valence-electron chi connectivity index (χ3n) is 5.26. The first-order valence-electron chi connectivity index (χ1n) is 9.58. The standard InChI is InChI=1S/C24H22N2O3/c25-23(27)22(14-16-8-2-1-3-9-16)26-24(28)29-15-21-19-12-6-4-10-17(19)18-11-5-7-13-20(18)21/h1-13,21-22H,14-15H2,(H2,25,27)(H,26,28). The molecule has 0 heterocycles. The van der Waals surface area contributed by atoms with Crippen molar-refractivity contribution in [1.82, 2.24) is 5.32 Å². The van der Waals surface area contributed by atoms with Gasteiger partial charge in [0.25, 0.3) is 0 Å². The van der Waals surface area contributed by atoms with Gasteiger partial charge in [-0.3, -0.25) is 4.79 Å². The molecule has 5 heteroatoms. The van der Waals surface area contributed by atoms with E-state index in [1.807, 2.05) is 54.6 Å². The predicted octanol–water partition coefficient (Wildman–Crippen LogP) is 3.62. The molecule has 1 unspecified atom stereocenters. The molecule has 0 bridgehead atoms. The Morgan fingerprint density at radius 1 is 0.862 bits per heavy atom. The summed E-state index contributed by atoms with van der Waals surface area (Å²) in [6.45, 7) is 0.191. The van der Waals surface area contributed by atoms with Gasteiger partial charge >= 0.3 is 6.09 Å². The minimum Gasteiger partial charge on any atom is -0.449 e. The van der Waals surface area contributed by atoms with Crippen molar-refractivity contribution in [3.05, 3.63) is 95.6 Å². The molecule has 29 heavy (non-hydrogen) atoms. The minimum atomic E-state index is -0.826. The number of amides is 2. The van der Waals surface area contributed by atoms with Crippen LogP contribution in [0.2, 0.25) is 0 Å². The topological polar surface area (TPSA) is 81.4 Å². The Labute approximate surface area is 169 Å². The van der Waals surface area contributed by atoms with Crippen LogP contribution in [-0.4, -0.2) is 24.6 Å². The van der Waals surface area contributed by atoms with E-state index >= 15 is 0 Å². The highest BCUT2D eigenvalue weighted by molar-refractivity contribution is 5.84. The van der Waals surface area contributed by atoms with E-state index in [2.05, 4.69) is 29.6 Å². The highest BCUT2D eigenvalue weighted by Gasteiger charge is 2.29. The maximum atomic E-state index is 12.4. The average Bonchev–Trinajstić information content (AvgIpc) is 3.06. The van der Waals surface area contributed by atoms with Gasteiger partial charge in [0.2, 0.25) is 5.91 Å². The predicted molar refractivity (Wildman–Crippen MR) is 111 cm³/mol. The van der Waals surface area contributed by atoms with Gasteiger partial charge in [-0.05, 0) is 27.8 Å². The minimum absolute atomic E-state index is 0.0331. The molecule has 0 fully saturated rings. The summed E-state index contributed by atoms with van der Waals surface area (Å²) in [5.41, 5.74) is 11.0. The van der Waals surface area contributed by atoms with Gasteiger partial charge in [-0.25, -0.2) is 4.79 Å². The van der Waals surface area contributed by atoms with Crippen molar-refractivity contribution in [3.8, 4) is 11.1 Å². The molecule has 0 saturated heterocycles. The number of rotatable bonds is 6. The van der Waals surface area contributed by atoms with E-state index in [1.165, 1.54) is 0 Å². The van der Waals surface area contributed by atoms with Crippen molar-refractivity contribution >= 4 is 12.0 Å². The molecule has 146 valence electrons. The summed E-state index contributed by atoms with van der Waals surface area (Å²) >= 11 is 0. The molecule has 1 atom stereocenters. The van der Waals surface area contributed by atoms with E-state index in [1.54, 1.807) is 0 Å². The zero-order valence-electron chi connectivity index (χ0n) is 15.9. The fourth-order valence-corrected chi connectivity index (χ4v) is 3.85. The van der Waals surface area contributed by atoms with Crippen LogP contribution in [0.5, 0.6) is 0 Å². The Hall–Kier alpha value is -3.60. The van der Waals surface area contributed by atoms with Crippen molar-refractivity contribution in [2.24, 2.45) is 5.73 Å². The van der Waals surface area contributed by atoms with E-state index in [0.717, 1.165) is 27.8 Å². The quantitative estimate of drug-likeness (QED) is 0.679. The lowest BCUT2D eigenvalue weighted by atomic mass is 9.98. The second-order valence-electron chi connectivity index (χ2n) is 7.11. The van der Waals surface area contributed by atoms with E-state index in [0.29, 0.717) is 6.42 Å². The number of nitrogens with one attached hydrogen (secondary N) is 1. The van der Waals surface area contributed by atoms with Gasteiger partial charge in [0.05, 0.1) is 0 Å². The van der Waals surface area contributed by atoms with Crippen LogP contribution >= 0.6 is 0 Å². The number of hydrogen-bond donors (Lipinski definition) is 2. The summed E-state index contributed by atoms with van der Waals surface area (Å²) in [6.07, 6.45) is -0.327. The smallest absolute Gasteiger partial charge is 0.407 e. The molecule has 1 aliphatic carbocycles. The Balaban J connectivity index is 1.43. The molecule has 0 spiro atoms. The van der Waals surface area contributed by atoms with E-state index in [-0.39, 0.29) is 12.5 Å². The second kappa shape index (κ2) is 8.19. The highest BCUT2D eigenvalue weighted by Crippen LogP contribution is 2.44. The third-order valence-corrected chi connectivity index (χ3v) is 5.26. The van der Waals surface area contributed by atoms with Crippen LogP contribution in [-0.2, 0) is 16.0 Å². The lowest BCUT2D eigenvalue weighted by molar-refractivity contribution is -0.119. The van der Waals surface area contributed by atoms with Crippen LogP contribution in [0.1, 0.15) is 22.6 Å². The van der Waals surface area contributed by atoms with Gasteiger partial charge in [-0.1, -0.05) is 78.9 Å². The van der Waals surface area contributed by atoms with Gasteiger partial charge in [0.1, 0.15) is 12.6 Å². The van der Waals surface area contributed by atoms with Crippen LogP contribution in [0.4, 0.5) is 4.79 Å². The molecule has 0 saturated carbocycles. The molecule has 5 nitrogen and oxygen atoms in total. The zero-order valence-corrected chi connectivity index (χ0v) is 15.9. The van der Waals surface area contributed by atoms with Crippen LogP contribution in [0.15, 0.2) is 78.9 Å². The zero-order chi connectivity index (χ0) is 20.2. The van der Waals surface area contributed by atoms with Gasteiger partial charge < -0.3 is 15.8 Å². The monoisotopic (exact) mass is 386 g/mol. The molecule has 3 aromatic rings. The Morgan fingerprint density at radius 2 is 1.41 bits per heavy atom. The largest absolute Gasteiger partial charge is 0.449 e. The number of benzene rings is 3. The molecule has 1 aliphatic rings. The lowest BCUT2D eigenvalue weighted by Gasteiger charge is -2.18. The molecule has 4 rings (SSSR count). The summed E-state index contributed by atoms with van der Waals surface area (Å²) in [5.74, 6) is -0.628.